The molecule has 2 rings (SSSR count). The lowest BCUT2D eigenvalue weighted by molar-refractivity contribution is 0.0433. The molecule has 1 amide bonds. The first-order valence-corrected chi connectivity index (χ1v) is 7.73. The molecule has 1 aromatic carbocycles. The average molecular weight is 363 g/mol. The maximum Gasteiger partial charge on any atom is 0.255 e. The Kier molecular flexibility index (Phi) is 5.29. The van der Waals surface area contributed by atoms with Crippen LogP contribution < -0.4 is 10.1 Å². The number of carbonyl (C=O) groups excluding carboxylic acids is 1. The monoisotopic (exact) mass is 361 g/mol. The minimum absolute atomic E-state index is 0.170. The number of alkyl halides is 1. The number of nitrogens with one attached hydrogen (secondary N) is 1. The zero-order chi connectivity index (χ0) is 14.6. The number of hydrogen-bond donors (Lipinski definition) is 1. The zero-order valence-electron chi connectivity index (χ0n) is 11.2. The second-order valence-electron chi connectivity index (χ2n) is 4.83. The molecule has 1 saturated heterocycles. The van der Waals surface area contributed by atoms with Gasteiger partial charge in [0, 0.05) is 23.6 Å². The van der Waals surface area contributed by atoms with E-state index in [-0.39, 0.29) is 5.91 Å². The largest absolute Gasteiger partial charge is 0.496 e. The van der Waals surface area contributed by atoms with E-state index in [2.05, 4.69) is 21.2 Å². The second-order valence-corrected chi connectivity index (χ2v) is 6.01. The molecule has 0 aromatic heterocycles. The minimum atomic E-state index is -0.394. The van der Waals surface area contributed by atoms with Crippen LogP contribution in [0.1, 0.15) is 23.2 Å². The molecule has 1 fully saturated rings. The number of hydrogen-bond acceptors (Lipinski definition) is 3. The summed E-state index contributed by atoms with van der Waals surface area (Å²) in [4.78, 5) is 12.5. The summed E-state index contributed by atoms with van der Waals surface area (Å²) in [5.41, 5.74) is 0.112. The van der Waals surface area contributed by atoms with Gasteiger partial charge in [-0.2, -0.15) is 0 Å². The smallest absolute Gasteiger partial charge is 0.255 e. The van der Waals surface area contributed by atoms with E-state index >= 15 is 0 Å². The number of halogens is 2. The molecule has 1 aliphatic rings. The molecule has 0 saturated carbocycles. The Labute approximate surface area is 131 Å². The van der Waals surface area contributed by atoms with E-state index in [1.807, 2.05) is 6.07 Å². The molecule has 0 radical (unpaired) electrons. The molecule has 6 heteroatoms. The fourth-order valence-corrected chi connectivity index (χ4v) is 2.89. The Balaban J connectivity index is 2.18. The number of rotatable bonds is 4. The molecule has 1 aromatic rings. The zero-order valence-corrected chi connectivity index (χ0v) is 13.6. The Bertz CT molecular complexity index is 489. The fourth-order valence-electron chi connectivity index (χ4n) is 2.21. The van der Waals surface area contributed by atoms with Gasteiger partial charge >= 0.3 is 0 Å². The van der Waals surface area contributed by atoms with E-state index in [9.17, 15) is 4.79 Å². The fraction of sp³-hybridized carbons (Fsp3) is 0.500. The van der Waals surface area contributed by atoms with Crippen molar-refractivity contribution in [2.24, 2.45) is 0 Å². The topological polar surface area (TPSA) is 47.6 Å². The van der Waals surface area contributed by atoms with Crippen LogP contribution >= 0.6 is 27.5 Å². The molecule has 0 spiro atoms. The quantitative estimate of drug-likeness (QED) is 0.838. The SMILES string of the molecule is COc1cc(Br)ccc1C(=O)NC1(CCl)CCOCC1. The number of methoxy groups -OCH3 is 1. The van der Waals surface area contributed by atoms with Gasteiger partial charge in [0.1, 0.15) is 5.75 Å². The highest BCUT2D eigenvalue weighted by Gasteiger charge is 2.34. The predicted octanol–water partition coefficient (Wildman–Crippen LogP) is 2.98. The highest BCUT2D eigenvalue weighted by Crippen LogP contribution is 2.26. The third-order valence-electron chi connectivity index (χ3n) is 3.49. The summed E-state index contributed by atoms with van der Waals surface area (Å²) in [6.45, 7) is 1.23. The van der Waals surface area contributed by atoms with Crippen molar-refractivity contribution in [3.8, 4) is 5.75 Å². The predicted molar refractivity (Wildman–Crippen MR) is 81.7 cm³/mol. The van der Waals surface area contributed by atoms with E-state index in [0.717, 1.165) is 17.3 Å². The van der Waals surface area contributed by atoms with Gasteiger partial charge < -0.3 is 14.8 Å². The molecule has 110 valence electrons. The van der Waals surface area contributed by atoms with Crippen LogP contribution in [0.2, 0.25) is 0 Å². The molecule has 1 N–H and O–H groups in total. The van der Waals surface area contributed by atoms with E-state index in [1.165, 1.54) is 0 Å². The highest BCUT2D eigenvalue weighted by molar-refractivity contribution is 9.10. The van der Waals surface area contributed by atoms with Gasteiger partial charge in [-0.1, -0.05) is 15.9 Å². The summed E-state index contributed by atoms with van der Waals surface area (Å²) in [5, 5.41) is 3.05. The number of benzene rings is 1. The highest BCUT2D eigenvalue weighted by atomic mass is 79.9. The third kappa shape index (κ3) is 3.45. The molecule has 4 nitrogen and oxygen atoms in total. The second kappa shape index (κ2) is 6.78. The first-order valence-electron chi connectivity index (χ1n) is 6.40. The van der Waals surface area contributed by atoms with E-state index in [1.54, 1.807) is 19.2 Å². The van der Waals surface area contributed by atoms with Gasteiger partial charge in [0.25, 0.3) is 5.91 Å². The Morgan fingerprint density at radius 3 is 2.80 bits per heavy atom. The molecule has 0 bridgehead atoms. The molecule has 0 atom stereocenters. The summed E-state index contributed by atoms with van der Waals surface area (Å²) in [6.07, 6.45) is 1.45. The van der Waals surface area contributed by atoms with E-state index in [0.29, 0.717) is 30.4 Å². The van der Waals surface area contributed by atoms with Crippen molar-refractivity contribution in [1.29, 1.82) is 0 Å². The van der Waals surface area contributed by atoms with Crippen LogP contribution in [0.15, 0.2) is 22.7 Å². The molecule has 1 aliphatic heterocycles. The standard InChI is InChI=1S/C14H17BrClNO3/c1-19-12-8-10(15)2-3-11(12)13(18)17-14(9-16)4-6-20-7-5-14/h2-3,8H,4-7,9H2,1H3,(H,17,18). The summed E-state index contributed by atoms with van der Waals surface area (Å²) in [5.74, 6) is 0.742. The third-order valence-corrected chi connectivity index (χ3v) is 4.50. The molecule has 0 unspecified atom stereocenters. The first kappa shape index (κ1) is 15.6. The lowest BCUT2D eigenvalue weighted by Crippen LogP contribution is -2.53. The van der Waals surface area contributed by atoms with Gasteiger partial charge in [-0.15, -0.1) is 11.6 Å². The van der Waals surface area contributed by atoms with Crippen molar-refractivity contribution in [3.63, 3.8) is 0 Å². The lowest BCUT2D eigenvalue weighted by atomic mass is 9.91. The molecular weight excluding hydrogens is 346 g/mol. The van der Waals surface area contributed by atoms with Crippen molar-refractivity contribution in [1.82, 2.24) is 5.32 Å². The van der Waals surface area contributed by atoms with Crippen LogP contribution in [0.4, 0.5) is 0 Å². The van der Waals surface area contributed by atoms with Gasteiger partial charge in [0.05, 0.1) is 18.2 Å². The number of carbonyl (C=O) groups is 1. The summed E-state index contributed by atoms with van der Waals surface area (Å²) < 4.78 is 11.5. The maximum absolute atomic E-state index is 12.5. The van der Waals surface area contributed by atoms with Crippen LogP contribution in [0, 0.1) is 0 Å². The Hall–Kier alpha value is -0.780. The van der Waals surface area contributed by atoms with Crippen LogP contribution in [0.3, 0.4) is 0 Å². The van der Waals surface area contributed by atoms with E-state index in [4.69, 9.17) is 21.1 Å². The number of amides is 1. The van der Waals surface area contributed by atoms with Crippen LogP contribution in [0.5, 0.6) is 5.75 Å². The van der Waals surface area contributed by atoms with Crippen LogP contribution in [-0.2, 0) is 4.74 Å². The lowest BCUT2D eigenvalue weighted by Gasteiger charge is -2.36. The van der Waals surface area contributed by atoms with Gasteiger partial charge in [-0.3, -0.25) is 4.79 Å². The number of ether oxygens (including phenoxy) is 2. The van der Waals surface area contributed by atoms with Gasteiger partial charge in [-0.05, 0) is 31.0 Å². The van der Waals surface area contributed by atoms with Crippen molar-refractivity contribution in [3.05, 3.63) is 28.2 Å². The average Bonchev–Trinajstić information content (AvgIpc) is 2.47. The first-order chi connectivity index (χ1) is 9.60. The summed E-state index contributed by atoms with van der Waals surface area (Å²) in [7, 11) is 1.55. The minimum Gasteiger partial charge on any atom is -0.496 e. The Morgan fingerprint density at radius 1 is 1.50 bits per heavy atom. The summed E-state index contributed by atoms with van der Waals surface area (Å²) in [6, 6.07) is 5.32. The normalized spacial score (nSPS) is 17.6. The molecular formula is C14H17BrClNO3. The molecule has 1 heterocycles. The van der Waals surface area contributed by atoms with Gasteiger partial charge in [-0.25, -0.2) is 0 Å². The van der Waals surface area contributed by atoms with Crippen molar-refractivity contribution >= 4 is 33.4 Å². The van der Waals surface area contributed by atoms with Crippen LogP contribution in [-0.4, -0.2) is 37.6 Å². The van der Waals surface area contributed by atoms with Crippen LogP contribution in [0.25, 0.3) is 0 Å². The Morgan fingerprint density at radius 2 is 2.20 bits per heavy atom. The maximum atomic E-state index is 12.5. The van der Waals surface area contributed by atoms with E-state index < -0.39 is 5.54 Å². The van der Waals surface area contributed by atoms with Crippen molar-refractivity contribution in [2.75, 3.05) is 26.2 Å². The molecule has 0 aliphatic carbocycles. The summed E-state index contributed by atoms with van der Waals surface area (Å²) >= 11 is 9.42. The van der Waals surface area contributed by atoms with Gasteiger partial charge in [0.2, 0.25) is 0 Å². The van der Waals surface area contributed by atoms with Crippen molar-refractivity contribution < 1.29 is 14.3 Å². The van der Waals surface area contributed by atoms with Crippen molar-refractivity contribution in [2.45, 2.75) is 18.4 Å². The van der Waals surface area contributed by atoms with Gasteiger partial charge in [0.15, 0.2) is 0 Å². The molecule has 20 heavy (non-hydrogen) atoms.